The van der Waals surface area contributed by atoms with Crippen molar-refractivity contribution in [1.29, 1.82) is 0 Å². The first-order chi connectivity index (χ1) is 9.16. The van der Waals surface area contributed by atoms with Crippen LogP contribution >= 0.6 is 0 Å². The molecule has 1 saturated heterocycles. The fourth-order valence-corrected chi connectivity index (χ4v) is 1.35. The maximum Gasteiger partial charge on any atom is 0.326 e. The summed E-state index contributed by atoms with van der Waals surface area (Å²) >= 11 is 0. The van der Waals surface area contributed by atoms with E-state index in [1.165, 1.54) is 9.80 Å². The molecule has 0 aliphatic carbocycles. The summed E-state index contributed by atoms with van der Waals surface area (Å²) in [7, 11) is 1.67. The summed E-state index contributed by atoms with van der Waals surface area (Å²) < 4.78 is 0. The van der Waals surface area contributed by atoms with Gasteiger partial charge in [0, 0.05) is 20.1 Å². The van der Waals surface area contributed by atoms with Crippen molar-refractivity contribution in [2.24, 2.45) is 0 Å². The van der Waals surface area contributed by atoms with Crippen LogP contribution in [0.1, 0.15) is 13.8 Å². The molecule has 0 radical (unpaired) electrons. The van der Waals surface area contributed by atoms with Gasteiger partial charge in [-0.15, -0.1) is 0 Å². The van der Waals surface area contributed by atoms with Crippen molar-refractivity contribution in [2.45, 2.75) is 13.8 Å². The van der Waals surface area contributed by atoms with Gasteiger partial charge in [-0.1, -0.05) is 56.8 Å². The highest BCUT2D eigenvalue weighted by atomic mass is 16.2. The minimum absolute atomic E-state index is 0.241. The number of carbonyl (C=O) groups is 2. The number of likely N-dealkylation sites (N-methyl/N-ethyl adjacent to an activating group) is 1. The molecule has 1 aromatic rings. The third-order valence-electron chi connectivity index (χ3n) is 2.32. The summed E-state index contributed by atoms with van der Waals surface area (Å²) in [6, 6.07) is 11.8. The zero-order valence-electron chi connectivity index (χ0n) is 11.9. The van der Waals surface area contributed by atoms with Crippen LogP contribution in [0, 0.1) is 0 Å². The van der Waals surface area contributed by atoms with Crippen LogP contribution in [0.2, 0.25) is 0 Å². The van der Waals surface area contributed by atoms with Gasteiger partial charge in [-0.2, -0.15) is 0 Å². The van der Waals surface area contributed by atoms with E-state index >= 15 is 0 Å². The Morgan fingerprint density at radius 3 is 1.79 bits per heavy atom. The van der Waals surface area contributed by atoms with Crippen molar-refractivity contribution in [1.82, 2.24) is 9.80 Å². The molecule has 0 bridgehead atoms. The van der Waals surface area contributed by atoms with Gasteiger partial charge in [-0.05, 0) is 6.08 Å². The molecule has 4 heteroatoms. The highest BCUT2D eigenvalue weighted by Gasteiger charge is 2.28. The van der Waals surface area contributed by atoms with Gasteiger partial charge >= 0.3 is 6.03 Å². The fourth-order valence-electron chi connectivity index (χ4n) is 1.35. The van der Waals surface area contributed by atoms with Crippen LogP contribution in [0.5, 0.6) is 0 Å². The van der Waals surface area contributed by atoms with E-state index in [1.54, 1.807) is 7.05 Å². The number of amides is 3. The molecule has 1 fully saturated rings. The highest BCUT2D eigenvalue weighted by molar-refractivity contribution is 6.00. The minimum Gasteiger partial charge on any atom is -0.326 e. The fraction of sp³-hybridized carbons (Fsp3) is 0.333. The molecular formula is C15H22N2O2. The molecule has 0 aromatic heterocycles. The van der Waals surface area contributed by atoms with E-state index in [4.69, 9.17) is 0 Å². The molecule has 1 aliphatic rings. The van der Waals surface area contributed by atoms with Crippen LogP contribution in [0.25, 0.3) is 0 Å². The standard InChI is InChI=1S/C7H10N2O2.C6H6.C2H6/c1-3-6(10)9-5-4-8(2)7(9)11;1-2-4-6-5-3-1;1-2/h3H,1,4-5H2,2H3;1-6H;1-2H3. The summed E-state index contributed by atoms with van der Waals surface area (Å²) in [4.78, 5) is 24.7. The van der Waals surface area contributed by atoms with Crippen molar-refractivity contribution >= 4 is 11.9 Å². The molecule has 0 saturated carbocycles. The molecule has 1 heterocycles. The Kier molecular flexibility index (Phi) is 8.79. The molecule has 0 spiro atoms. The minimum atomic E-state index is -0.320. The Bertz CT molecular complexity index is 364. The number of hydrogen-bond acceptors (Lipinski definition) is 2. The van der Waals surface area contributed by atoms with Crippen LogP contribution in [0.3, 0.4) is 0 Å². The van der Waals surface area contributed by atoms with E-state index in [2.05, 4.69) is 6.58 Å². The first-order valence-electron chi connectivity index (χ1n) is 6.36. The van der Waals surface area contributed by atoms with E-state index in [-0.39, 0.29) is 11.9 Å². The second kappa shape index (κ2) is 9.88. The van der Waals surface area contributed by atoms with Gasteiger partial charge in [0.05, 0.1) is 0 Å². The van der Waals surface area contributed by atoms with Gasteiger partial charge in [-0.25, -0.2) is 4.79 Å². The van der Waals surface area contributed by atoms with Crippen LogP contribution in [0.4, 0.5) is 4.79 Å². The summed E-state index contributed by atoms with van der Waals surface area (Å²) in [5.74, 6) is -0.320. The van der Waals surface area contributed by atoms with Crippen molar-refractivity contribution in [3.05, 3.63) is 49.1 Å². The van der Waals surface area contributed by atoms with Crippen LogP contribution in [-0.4, -0.2) is 41.9 Å². The molecule has 3 amide bonds. The lowest BCUT2D eigenvalue weighted by molar-refractivity contribution is -0.122. The Morgan fingerprint density at radius 2 is 1.53 bits per heavy atom. The molecule has 1 aliphatic heterocycles. The predicted octanol–water partition coefficient (Wildman–Crippen LogP) is 2.78. The Morgan fingerprint density at radius 1 is 1.11 bits per heavy atom. The van der Waals surface area contributed by atoms with Crippen molar-refractivity contribution in [3.63, 3.8) is 0 Å². The van der Waals surface area contributed by atoms with Gasteiger partial charge < -0.3 is 4.90 Å². The third-order valence-corrected chi connectivity index (χ3v) is 2.32. The van der Waals surface area contributed by atoms with Gasteiger partial charge in [0.2, 0.25) is 0 Å². The maximum atomic E-state index is 11.1. The number of benzene rings is 1. The highest BCUT2D eigenvalue weighted by Crippen LogP contribution is 2.05. The third kappa shape index (κ3) is 5.86. The SMILES string of the molecule is C=CC(=O)N1CCN(C)C1=O.CC.c1ccccc1. The molecule has 0 N–H and O–H groups in total. The lowest BCUT2D eigenvalue weighted by Gasteiger charge is -2.10. The first-order valence-corrected chi connectivity index (χ1v) is 6.36. The average molecular weight is 262 g/mol. The molecule has 0 atom stereocenters. The van der Waals surface area contributed by atoms with E-state index in [0.29, 0.717) is 13.1 Å². The maximum absolute atomic E-state index is 11.1. The Labute approximate surface area is 115 Å². The summed E-state index contributed by atoms with van der Waals surface area (Å²) in [6.07, 6.45) is 1.15. The molecule has 19 heavy (non-hydrogen) atoms. The predicted molar refractivity (Wildman–Crippen MR) is 77.7 cm³/mol. The quantitative estimate of drug-likeness (QED) is 0.730. The van der Waals surface area contributed by atoms with Gasteiger partial charge in [-0.3, -0.25) is 9.69 Å². The summed E-state index contributed by atoms with van der Waals surface area (Å²) in [5, 5.41) is 0. The first kappa shape index (κ1) is 16.9. The van der Waals surface area contributed by atoms with E-state index in [0.717, 1.165) is 6.08 Å². The topological polar surface area (TPSA) is 40.6 Å². The van der Waals surface area contributed by atoms with Crippen molar-refractivity contribution < 1.29 is 9.59 Å². The average Bonchev–Trinajstić information content (AvgIpc) is 2.83. The number of rotatable bonds is 1. The van der Waals surface area contributed by atoms with Crippen molar-refractivity contribution in [3.8, 4) is 0 Å². The number of hydrogen-bond donors (Lipinski definition) is 0. The Hall–Kier alpha value is -2.10. The smallest absolute Gasteiger partial charge is 0.326 e. The van der Waals surface area contributed by atoms with Gasteiger partial charge in [0.1, 0.15) is 0 Å². The Balaban J connectivity index is 0.000000341. The van der Waals surface area contributed by atoms with Crippen LogP contribution < -0.4 is 0 Å². The van der Waals surface area contributed by atoms with Crippen LogP contribution in [-0.2, 0) is 4.79 Å². The molecule has 4 nitrogen and oxygen atoms in total. The number of urea groups is 1. The van der Waals surface area contributed by atoms with Gasteiger partial charge in [0.25, 0.3) is 5.91 Å². The lowest BCUT2D eigenvalue weighted by atomic mass is 10.4. The molecule has 2 rings (SSSR count). The van der Waals surface area contributed by atoms with E-state index in [1.807, 2.05) is 50.2 Å². The van der Waals surface area contributed by atoms with Gasteiger partial charge in [0.15, 0.2) is 0 Å². The van der Waals surface area contributed by atoms with Crippen LogP contribution in [0.15, 0.2) is 49.1 Å². The molecule has 1 aromatic carbocycles. The van der Waals surface area contributed by atoms with Crippen molar-refractivity contribution in [2.75, 3.05) is 20.1 Å². The number of imide groups is 1. The monoisotopic (exact) mass is 262 g/mol. The zero-order valence-corrected chi connectivity index (χ0v) is 11.9. The number of nitrogens with zero attached hydrogens (tertiary/aromatic N) is 2. The second-order valence-electron chi connectivity index (χ2n) is 3.55. The zero-order chi connectivity index (χ0) is 14.7. The summed E-state index contributed by atoms with van der Waals surface area (Å²) in [5.41, 5.74) is 0. The molecule has 104 valence electrons. The molecular weight excluding hydrogens is 240 g/mol. The normalized spacial score (nSPS) is 12.9. The molecule has 0 unspecified atom stereocenters. The second-order valence-corrected chi connectivity index (χ2v) is 3.55. The van der Waals surface area contributed by atoms with E-state index < -0.39 is 0 Å². The lowest BCUT2D eigenvalue weighted by Crippen LogP contribution is -2.33. The largest absolute Gasteiger partial charge is 0.326 e. The van der Waals surface area contributed by atoms with E-state index in [9.17, 15) is 9.59 Å². The summed E-state index contributed by atoms with van der Waals surface area (Å²) in [6.45, 7) is 8.38. The number of carbonyl (C=O) groups excluding carboxylic acids is 2.